The van der Waals surface area contributed by atoms with Gasteiger partial charge in [0.1, 0.15) is 23.0 Å². The Morgan fingerprint density at radius 2 is 1.07 bits per heavy atom. The number of benzene rings is 4. The normalized spacial score (nSPS) is 12.3. The molecule has 0 spiro atoms. The Hall–Kier alpha value is -4.03. The summed E-state index contributed by atoms with van der Waals surface area (Å²) < 4.78 is 118. The molecule has 0 aliphatic heterocycles. The molecule has 4 rings (SSSR count). The maximum absolute atomic E-state index is 13.6. The lowest BCUT2D eigenvalue weighted by atomic mass is 10.0. The van der Waals surface area contributed by atoms with E-state index in [4.69, 9.17) is 15.2 Å². The van der Waals surface area contributed by atoms with Crippen LogP contribution in [0.2, 0.25) is 0 Å². The zero-order valence-corrected chi connectivity index (χ0v) is 23.6. The van der Waals surface area contributed by atoms with Gasteiger partial charge in [-0.1, -0.05) is 25.5 Å². The lowest BCUT2D eigenvalue weighted by Gasteiger charge is -2.16. The minimum absolute atomic E-state index is 0.000943. The van der Waals surface area contributed by atoms with E-state index in [1.807, 2.05) is 6.92 Å². The van der Waals surface area contributed by atoms with Gasteiger partial charge in [-0.15, -0.1) is 0 Å². The van der Waals surface area contributed by atoms with Gasteiger partial charge in [-0.2, -0.15) is 26.3 Å². The van der Waals surface area contributed by atoms with Gasteiger partial charge < -0.3 is 15.2 Å². The van der Waals surface area contributed by atoms with Crippen LogP contribution in [-0.2, 0) is 35.2 Å². The third kappa shape index (κ3) is 7.68. The van der Waals surface area contributed by atoms with Gasteiger partial charge in [-0.25, -0.2) is 8.42 Å². The molecule has 12 heteroatoms. The molecule has 2 N–H and O–H groups in total. The molecule has 43 heavy (non-hydrogen) atoms. The number of halogens is 6. The molecule has 0 aliphatic rings. The Morgan fingerprint density at radius 3 is 1.47 bits per heavy atom. The van der Waals surface area contributed by atoms with Crippen molar-refractivity contribution in [2.75, 3.05) is 0 Å². The van der Waals surface area contributed by atoms with E-state index in [1.165, 1.54) is 66.7 Å². The number of sulfone groups is 1. The summed E-state index contributed by atoms with van der Waals surface area (Å²) in [5, 5.41) is 0. The van der Waals surface area contributed by atoms with E-state index in [1.54, 1.807) is 0 Å². The second kappa shape index (κ2) is 12.7. The summed E-state index contributed by atoms with van der Waals surface area (Å²) in [7, 11) is -4.10. The summed E-state index contributed by atoms with van der Waals surface area (Å²) in [5.74, 6) is -0.908. The van der Waals surface area contributed by atoms with E-state index in [0.29, 0.717) is 17.5 Å². The molecule has 4 aromatic rings. The van der Waals surface area contributed by atoms with Crippen molar-refractivity contribution in [2.24, 2.45) is 5.73 Å². The fourth-order valence-electron chi connectivity index (χ4n) is 4.20. The molecule has 4 aromatic carbocycles. The average molecular weight is 624 g/mol. The lowest BCUT2D eigenvalue weighted by Crippen LogP contribution is -2.08. The molecule has 0 aliphatic carbocycles. The highest BCUT2D eigenvalue weighted by atomic mass is 32.2. The summed E-state index contributed by atoms with van der Waals surface area (Å²) in [6.07, 6.45) is -7.10. The smallest absolute Gasteiger partial charge is 0.419 e. The third-order valence-corrected chi connectivity index (χ3v) is 8.27. The first-order valence-electron chi connectivity index (χ1n) is 13.1. The Balaban J connectivity index is 1.54. The van der Waals surface area contributed by atoms with Crippen molar-refractivity contribution in [3.8, 4) is 23.0 Å². The number of hydrogen-bond acceptors (Lipinski definition) is 5. The predicted molar refractivity (Wildman–Crippen MR) is 148 cm³/mol. The maximum Gasteiger partial charge on any atom is 0.419 e. The van der Waals surface area contributed by atoms with Crippen molar-refractivity contribution in [1.29, 1.82) is 0 Å². The summed E-state index contributed by atoms with van der Waals surface area (Å²) >= 11 is 0. The number of alkyl halides is 6. The molecule has 0 unspecified atom stereocenters. The van der Waals surface area contributed by atoms with Crippen molar-refractivity contribution >= 4 is 9.84 Å². The SMILES string of the molecule is CCCCc1ccc(C(F)(F)F)c(Oc2ccc(S(=O)(=O)c3ccc(Oc4cc(CN)ccc4C(F)(F)F)cc3)cc2)c1. The van der Waals surface area contributed by atoms with Crippen LogP contribution >= 0.6 is 0 Å². The summed E-state index contributed by atoms with van der Waals surface area (Å²) in [6, 6.07) is 16.6. The Morgan fingerprint density at radius 1 is 0.651 bits per heavy atom. The average Bonchev–Trinajstić information content (AvgIpc) is 2.95. The Kier molecular flexibility index (Phi) is 9.41. The monoisotopic (exact) mass is 623 g/mol. The van der Waals surface area contributed by atoms with Crippen LogP contribution in [0.5, 0.6) is 23.0 Å². The van der Waals surface area contributed by atoms with E-state index in [0.717, 1.165) is 31.0 Å². The fourth-order valence-corrected chi connectivity index (χ4v) is 5.46. The first-order chi connectivity index (χ1) is 20.2. The molecule has 0 atom stereocenters. The van der Waals surface area contributed by atoms with Crippen LogP contribution in [0.4, 0.5) is 26.3 Å². The van der Waals surface area contributed by atoms with Gasteiger partial charge >= 0.3 is 12.4 Å². The van der Waals surface area contributed by atoms with Crippen molar-refractivity contribution in [1.82, 2.24) is 0 Å². The van der Waals surface area contributed by atoms with Gasteiger partial charge in [-0.3, -0.25) is 0 Å². The standard InChI is InChI=1S/C31H27F6NO4S/c1-2-3-4-20-5-15-26(30(32,33)34)28(17-20)41-22-7-11-24(12-8-22)43(39,40)25-13-9-23(10-14-25)42-29-18-21(19-38)6-16-27(29)31(35,36)37/h5-18H,2-4,19,38H2,1H3. The van der Waals surface area contributed by atoms with E-state index in [9.17, 15) is 34.8 Å². The number of ether oxygens (including phenoxy) is 2. The number of nitrogens with two attached hydrogens (primary N) is 1. The second-order valence-electron chi connectivity index (χ2n) is 9.61. The van der Waals surface area contributed by atoms with Crippen molar-refractivity contribution in [2.45, 2.75) is 54.9 Å². The topological polar surface area (TPSA) is 78.6 Å². The number of rotatable bonds is 10. The van der Waals surface area contributed by atoms with E-state index in [2.05, 4.69) is 0 Å². The van der Waals surface area contributed by atoms with Crippen LogP contribution in [-0.4, -0.2) is 8.42 Å². The molecule has 0 fully saturated rings. The molecule has 0 aromatic heterocycles. The van der Waals surface area contributed by atoms with Crippen LogP contribution in [0.1, 0.15) is 42.0 Å². The highest BCUT2D eigenvalue weighted by Crippen LogP contribution is 2.40. The van der Waals surface area contributed by atoms with Crippen molar-refractivity contribution < 1.29 is 44.2 Å². The number of hydrogen-bond donors (Lipinski definition) is 1. The van der Waals surface area contributed by atoms with Gasteiger partial charge in [0.05, 0.1) is 20.9 Å². The minimum Gasteiger partial charge on any atom is -0.457 e. The van der Waals surface area contributed by atoms with Crippen LogP contribution in [0.25, 0.3) is 0 Å². The van der Waals surface area contributed by atoms with Gasteiger partial charge in [0.2, 0.25) is 9.84 Å². The first-order valence-corrected chi connectivity index (χ1v) is 14.6. The van der Waals surface area contributed by atoms with Gasteiger partial charge in [0.25, 0.3) is 0 Å². The fraction of sp³-hybridized carbons (Fsp3) is 0.226. The Bertz CT molecular complexity index is 1670. The van der Waals surface area contributed by atoms with Crippen molar-refractivity contribution in [3.63, 3.8) is 0 Å². The molecule has 0 saturated heterocycles. The van der Waals surface area contributed by atoms with E-state index >= 15 is 0 Å². The van der Waals surface area contributed by atoms with Crippen molar-refractivity contribution in [3.05, 3.63) is 107 Å². The predicted octanol–water partition coefficient (Wildman–Crippen LogP) is 8.94. The zero-order valence-electron chi connectivity index (χ0n) is 22.8. The van der Waals surface area contributed by atoms with Crippen LogP contribution in [0, 0.1) is 0 Å². The van der Waals surface area contributed by atoms with E-state index < -0.39 is 44.8 Å². The minimum atomic E-state index is -4.69. The number of unbranched alkanes of at least 4 members (excludes halogenated alkanes) is 1. The Labute approximate surface area is 244 Å². The van der Waals surface area contributed by atoms with Gasteiger partial charge in [-0.05, 0) is 96.8 Å². The maximum atomic E-state index is 13.6. The molecular weight excluding hydrogens is 596 g/mol. The molecule has 0 heterocycles. The second-order valence-corrected chi connectivity index (χ2v) is 11.6. The third-order valence-electron chi connectivity index (χ3n) is 6.48. The summed E-state index contributed by atoms with van der Waals surface area (Å²) in [4.78, 5) is -0.348. The first kappa shape index (κ1) is 31.9. The van der Waals surface area contributed by atoms with Crippen LogP contribution < -0.4 is 15.2 Å². The molecule has 0 radical (unpaired) electrons. The van der Waals surface area contributed by atoms with E-state index in [-0.39, 0.29) is 27.8 Å². The molecule has 0 bridgehead atoms. The quantitative estimate of drug-likeness (QED) is 0.179. The van der Waals surface area contributed by atoms with Gasteiger partial charge in [0.15, 0.2) is 0 Å². The van der Waals surface area contributed by atoms with Crippen LogP contribution in [0.3, 0.4) is 0 Å². The lowest BCUT2D eigenvalue weighted by molar-refractivity contribution is -0.139. The van der Waals surface area contributed by atoms with Gasteiger partial charge in [0, 0.05) is 6.54 Å². The molecule has 228 valence electrons. The molecule has 0 saturated carbocycles. The van der Waals surface area contributed by atoms with Crippen LogP contribution in [0.15, 0.2) is 94.7 Å². The highest BCUT2D eigenvalue weighted by molar-refractivity contribution is 7.91. The summed E-state index contributed by atoms with van der Waals surface area (Å²) in [6.45, 7) is 1.96. The zero-order chi connectivity index (χ0) is 31.4. The summed E-state index contributed by atoms with van der Waals surface area (Å²) in [5.41, 5.74) is 4.65. The molecular formula is C31H27F6NO4S. The number of aryl methyl sites for hydroxylation is 1. The largest absolute Gasteiger partial charge is 0.457 e. The molecule has 0 amide bonds. The highest BCUT2D eigenvalue weighted by Gasteiger charge is 2.35. The molecule has 5 nitrogen and oxygen atoms in total.